The molecule has 158 valence electrons. The fourth-order valence-corrected chi connectivity index (χ4v) is 4.30. The molecule has 10 heteroatoms. The third kappa shape index (κ3) is 2.85. The minimum atomic E-state index is -1.09. The smallest absolute Gasteiger partial charge is 0.436 e. The zero-order valence-electron chi connectivity index (χ0n) is 16.7. The van der Waals surface area contributed by atoms with E-state index in [1.165, 1.54) is 37.0 Å². The van der Waals surface area contributed by atoms with E-state index in [0.717, 1.165) is 4.68 Å². The number of carbonyl (C=O) groups excluding carboxylic acids is 2. The van der Waals surface area contributed by atoms with E-state index < -0.39 is 29.0 Å². The fraction of sp³-hybridized carbons (Fsp3) is 0.350. The van der Waals surface area contributed by atoms with E-state index in [2.05, 4.69) is 21.2 Å². The molecule has 30 heavy (non-hydrogen) atoms. The van der Waals surface area contributed by atoms with Gasteiger partial charge in [-0.3, -0.25) is 14.3 Å². The first kappa shape index (κ1) is 20.5. The summed E-state index contributed by atoms with van der Waals surface area (Å²) in [6.07, 6.45) is -0.862. The summed E-state index contributed by atoms with van der Waals surface area (Å²) in [4.78, 5) is 38.8. The highest BCUT2D eigenvalue weighted by Gasteiger charge is 2.46. The maximum atomic E-state index is 13.9. The van der Waals surface area contributed by atoms with Crippen LogP contribution >= 0.6 is 15.9 Å². The highest BCUT2D eigenvalue weighted by Crippen LogP contribution is 2.45. The highest BCUT2D eigenvalue weighted by molar-refractivity contribution is 9.10. The van der Waals surface area contributed by atoms with Crippen LogP contribution in [-0.2, 0) is 21.3 Å². The van der Waals surface area contributed by atoms with E-state index in [0.29, 0.717) is 22.7 Å². The zero-order chi connectivity index (χ0) is 22.0. The lowest BCUT2D eigenvalue weighted by Gasteiger charge is -2.38. The average Bonchev–Trinajstić information content (AvgIpc) is 2.95. The van der Waals surface area contributed by atoms with Gasteiger partial charge in [0.05, 0.1) is 29.4 Å². The molecule has 2 aliphatic rings. The maximum absolute atomic E-state index is 13.9. The van der Waals surface area contributed by atoms with Crippen molar-refractivity contribution < 1.29 is 23.5 Å². The Bertz CT molecular complexity index is 1190. The molecule has 0 radical (unpaired) electrons. The first-order chi connectivity index (χ1) is 14.1. The molecule has 0 fully saturated rings. The molecular weight excluding hydrogens is 461 g/mol. The van der Waals surface area contributed by atoms with Crippen LogP contribution in [0, 0.1) is 5.82 Å². The van der Waals surface area contributed by atoms with E-state index in [1.54, 1.807) is 13.8 Å². The molecule has 0 spiro atoms. The van der Waals surface area contributed by atoms with E-state index in [9.17, 15) is 18.8 Å². The topological polar surface area (TPSA) is 91.6 Å². The Morgan fingerprint density at radius 1 is 1.37 bits per heavy atom. The van der Waals surface area contributed by atoms with Crippen molar-refractivity contribution in [3.05, 3.63) is 61.2 Å². The summed E-state index contributed by atoms with van der Waals surface area (Å²) in [5.74, 6) is -1.24. The van der Waals surface area contributed by atoms with Crippen molar-refractivity contribution in [2.75, 3.05) is 19.0 Å². The minimum Gasteiger partial charge on any atom is -0.451 e. The first-order valence-electron chi connectivity index (χ1n) is 9.12. The van der Waals surface area contributed by atoms with Gasteiger partial charge in [-0.2, -0.15) is 0 Å². The van der Waals surface area contributed by atoms with Crippen molar-refractivity contribution in [1.29, 1.82) is 0 Å². The molecule has 0 saturated carbocycles. The fourth-order valence-electron chi connectivity index (χ4n) is 3.90. The normalized spacial score (nSPS) is 19.8. The number of nitrogens with one attached hydrogen (secondary N) is 1. The van der Waals surface area contributed by atoms with Crippen LogP contribution in [0.3, 0.4) is 0 Å². The van der Waals surface area contributed by atoms with Gasteiger partial charge in [-0.25, -0.2) is 9.18 Å². The molecule has 1 aromatic heterocycles. The lowest BCUT2D eigenvalue weighted by Crippen LogP contribution is -2.45. The van der Waals surface area contributed by atoms with E-state index in [1.807, 2.05) is 0 Å². The van der Waals surface area contributed by atoms with Crippen LogP contribution in [0.5, 0.6) is 0 Å². The summed E-state index contributed by atoms with van der Waals surface area (Å²) in [6.45, 7) is 3.43. The molecule has 0 saturated heterocycles. The van der Waals surface area contributed by atoms with Crippen LogP contribution in [0.2, 0.25) is 0 Å². The molecule has 4 rings (SSSR count). The molecule has 0 bridgehead atoms. The number of hydrogen-bond donors (Lipinski definition) is 1. The van der Waals surface area contributed by atoms with Crippen molar-refractivity contribution >= 4 is 33.6 Å². The van der Waals surface area contributed by atoms with Gasteiger partial charge in [-0.1, -0.05) is 6.07 Å². The molecule has 1 unspecified atom stereocenters. The van der Waals surface area contributed by atoms with Gasteiger partial charge in [-0.05, 0) is 47.5 Å². The highest BCUT2D eigenvalue weighted by atomic mass is 79.9. The summed E-state index contributed by atoms with van der Waals surface area (Å²) in [6, 6.07) is 4.32. The minimum absolute atomic E-state index is 0.115. The Kier molecular flexibility index (Phi) is 4.74. The Morgan fingerprint density at radius 3 is 2.70 bits per heavy atom. The molecule has 8 nitrogen and oxygen atoms in total. The number of nitrogens with zero attached hydrogens (tertiary/aromatic N) is 2. The summed E-state index contributed by atoms with van der Waals surface area (Å²) in [7, 11) is 2.70. The first-order valence-corrected chi connectivity index (χ1v) is 9.91. The lowest BCUT2D eigenvalue weighted by atomic mass is 9.76. The number of rotatable bonds is 1. The molecule has 1 atom stereocenters. The van der Waals surface area contributed by atoms with Crippen LogP contribution in [-0.4, -0.2) is 40.6 Å². The summed E-state index contributed by atoms with van der Waals surface area (Å²) < 4.78 is 26.7. The Morgan fingerprint density at radius 2 is 2.07 bits per heavy atom. The van der Waals surface area contributed by atoms with Gasteiger partial charge < -0.3 is 14.8 Å². The SMILES string of the molecule is COC(=O)n1c(=O)c2c(n1C)NC1=C(C(=O)C(C)(C)OC1)C2c1ccc(F)c(Br)c1. The second kappa shape index (κ2) is 6.92. The zero-order valence-corrected chi connectivity index (χ0v) is 18.3. The van der Waals surface area contributed by atoms with Crippen LogP contribution in [0.15, 0.2) is 38.7 Å². The monoisotopic (exact) mass is 479 g/mol. The van der Waals surface area contributed by atoms with Crippen LogP contribution in [0.25, 0.3) is 0 Å². The Hall–Kier alpha value is -2.72. The number of fused-ring (bicyclic) bond motifs is 1. The molecular formula is C20H19BrFN3O5. The van der Waals surface area contributed by atoms with Crippen LogP contribution in [0.1, 0.15) is 30.9 Å². The van der Waals surface area contributed by atoms with Gasteiger partial charge in [0.25, 0.3) is 5.56 Å². The van der Waals surface area contributed by atoms with Gasteiger partial charge in [0.1, 0.15) is 17.2 Å². The van der Waals surface area contributed by atoms with Gasteiger partial charge in [-0.15, -0.1) is 4.68 Å². The third-order valence-corrected chi connectivity index (χ3v) is 6.07. The molecule has 3 heterocycles. The molecule has 1 N–H and O–H groups in total. The molecule has 2 aliphatic heterocycles. The second-order valence-corrected chi connectivity index (χ2v) is 8.48. The van der Waals surface area contributed by atoms with Gasteiger partial charge in [0.2, 0.25) is 0 Å². The third-order valence-electron chi connectivity index (χ3n) is 5.47. The summed E-state index contributed by atoms with van der Waals surface area (Å²) >= 11 is 3.17. The number of methoxy groups -OCH3 is 1. The summed E-state index contributed by atoms with van der Waals surface area (Å²) in [5, 5.41) is 3.08. The number of Topliss-reactive ketones (excluding diaryl/α,β-unsaturated/α-hetero) is 1. The number of ketones is 1. The van der Waals surface area contributed by atoms with Crippen molar-refractivity contribution in [1.82, 2.24) is 9.36 Å². The predicted octanol–water partition coefficient (Wildman–Crippen LogP) is 2.89. The van der Waals surface area contributed by atoms with Crippen LogP contribution < -0.4 is 10.9 Å². The predicted molar refractivity (Wildman–Crippen MR) is 109 cm³/mol. The quantitative estimate of drug-likeness (QED) is 0.675. The van der Waals surface area contributed by atoms with Crippen molar-refractivity contribution in [2.45, 2.75) is 25.4 Å². The maximum Gasteiger partial charge on any atom is 0.436 e. The number of benzene rings is 1. The van der Waals surface area contributed by atoms with E-state index >= 15 is 0 Å². The molecule has 2 aromatic rings. The molecule has 0 amide bonds. The van der Waals surface area contributed by atoms with Crippen molar-refractivity contribution in [3.8, 4) is 0 Å². The molecule has 0 aliphatic carbocycles. The second-order valence-electron chi connectivity index (χ2n) is 7.62. The molecule has 1 aromatic carbocycles. The van der Waals surface area contributed by atoms with E-state index in [4.69, 9.17) is 9.47 Å². The Labute approximate surface area is 179 Å². The number of ether oxygens (including phenoxy) is 2. The van der Waals surface area contributed by atoms with Crippen molar-refractivity contribution in [3.63, 3.8) is 0 Å². The summed E-state index contributed by atoms with van der Waals surface area (Å²) in [5.41, 5.74) is -0.132. The Balaban J connectivity index is 2.04. The van der Waals surface area contributed by atoms with Gasteiger partial charge >= 0.3 is 6.09 Å². The van der Waals surface area contributed by atoms with Gasteiger partial charge in [0.15, 0.2) is 5.78 Å². The standard InChI is InChI=1S/C20H19BrFN3O5/c1-20(2)16(26)14-12(8-30-20)23-17-15(18(27)25(24(17)3)19(28)29-4)13(14)9-5-6-11(22)10(21)7-9/h5-7,13,23H,8H2,1-4H3. The number of carbonyl (C=O) groups is 2. The number of anilines is 1. The van der Waals surface area contributed by atoms with E-state index in [-0.39, 0.29) is 22.4 Å². The van der Waals surface area contributed by atoms with Crippen LogP contribution in [0.4, 0.5) is 15.0 Å². The van der Waals surface area contributed by atoms with Crippen molar-refractivity contribution in [2.24, 2.45) is 7.05 Å². The number of hydrogen-bond acceptors (Lipinski definition) is 6. The lowest BCUT2D eigenvalue weighted by molar-refractivity contribution is -0.137. The largest absolute Gasteiger partial charge is 0.451 e. The number of halogens is 2. The average molecular weight is 480 g/mol. The van der Waals surface area contributed by atoms with Gasteiger partial charge in [0, 0.05) is 18.5 Å². The number of aromatic nitrogens is 2.